The van der Waals surface area contributed by atoms with Crippen molar-refractivity contribution in [1.29, 1.82) is 0 Å². The number of aryl methyl sites for hydroxylation is 3. The van der Waals surface area contributed by atoms with Gasteiger partial charge in [-0.25, -0.2) is 4.39 Å². The number of carbonyl (C=O) groups excluding carboxylic acids is 10. The van der Waals surface area contributed by atoms with Gasteiger partial charge in [-0.3, -0.25) is 47.9 Å². The lowest BCUT2D eigenvalue weighted by molar-refractivity contribution is 0.0848. The molecular formula is C123H146Cl2FIO13S. The van der Waals surface area contributed by atoms with Crippen LogP contribution in [-0.2, 0) is 24.4 Å². The fourth-order valence-corrected chi connectivity index (χ4v) is 14.2. The van der Waals surface area contributed by atoms with Crippen molar-refractivity contribution in [3.63, 3.8) is 0 Å². The van der Waals surface area contributed by atoms with Gasteiger partial charge in [0.15, 0.2) is 57.8 Å². The van der Waals surface area contributed by atoms with Crippen LogP contribution in [0.1, 0.15) is 336 Å². The molecule has 0 saturated heterocycles. The third kappa shape index (κ3) is 41.1. The molecule has 0 spiro atoms. The van der Waals surface area contributed by atoms with Crippen LogP contribution >= 0.6 is 45.8 Å². The summed E-state index contributed by atoms with van der Waals surface area (Å²) in [6.07, 6.45) is 1.82. The van der Waals surface area contributed by atoms with Crippen LogP contribution in [0.4, 0.5) is 4.39 Å². The van der Waals surface area contributed by atoms with Gasteiger partial charge in [0.25, 0.3) is 0 Å². The number of methoxy groups -OCH3 is 1. The summed E-state index contributed by atoms with van der Waals surface area (Å²) in [5, 5.41) is 2.95. The molecule has 0 aliphatic rings. The molecule has 18 heteroatoms. The number of benzene rings is 12. The zero-order valence-electron chi connectivity index (χ0n) is 88.7. The Morgan fingerprint density at radius 3 is 1.11 bits per heavy atom. The van der Waals surface area contributed by atoms with E-state index in [1.165, 1.54) is 34.9 Å². The first kappa shape index (κ1) is 124. The van der Waals surface area contributed by atoms with Gasteiger partial charge in [0.2, 0.25) is 0 Å². The summed E-state index contributed by atoms with van der Waals surface area (Å²) in [6, 6.07) is 86.5. The van der Waals surface area contributed by atoms with Gasteiger partial charge in [-0.05, 0) is 137 Å². The molecule has 12 aromatic rings. The topological polar surface area (TPSA) is 214 Å². The molecule has 13 nitrogen and oxygen atoms in total. The first-order valence-electron chi connectivity index (χ1n) is 47.0. The van der Waals surface area contributed by atoms with Gasteiger partial charge in [-0.15, -0.1) is 0 Å². The smallest absolute Gasteiger partial charge is 0.335 e. The van der Waals surface area contributed by atoms with Crippen LogP contribution in [0.5, 0.6) is 5.75 Å². The zero-order valence-corrected chi connectivity index (χ0v) is 93.2. The Hall–Kier alpha value is -11.5. The van der Waals surface area contributed by atoms with Gasteiger partial charge in [-0.2, -0.15) is 8.42 Å². The fraction of sp³-hybridized carbons (Fsp3) is 0.350. The highest BCUT2D eigenvalue weighted by Gasteiger charge is 2.32. The highest BCUT2D eigenvalue weighted by Crippen LogP contribution is 2.34. The molecule has 0 amide bonds. The molecule has 0 aliphatic heterocycles. The van der Waals surface area contributed by atoms with Gasteiger partial charge in [0.1, 0.15) is 11.6 Å². The Bertz CT molecular complexity index is 6220. The van der Waals surface area contributed by atoms with Gasteiger partial charge >= 0.3 is 11.6 Å². The SMILES string of the molecule is CC(C)(C)C(=O)c1c(F)cccc1Cl.CC(C)(C)C(=O)c1ccc(C(=O)c2ccccc2)cc1.CC(C)(C)C(=O)c1cccc(Cl)c1.CC(C)(C)C(=O)c1cccc2ccccc12.CC(C)(C)C(=O)c1ccccc1Cc1ccccc1.CC(C)(C)C(=O)c1ccccc1I.CCc1ccc(C(=O)C(C)(C)C)cc1.COc1cc(C(=O)C(C)(C)C)cc(C)c1C.Cc1ccc(C(=O)C(C)(C)C)cc1.O=S=O. The third-order valence-electron chi connectivity index (χ3n) is 21.5. The van der Waals surface area contributed by atoms with E-state index in [9.17, 15) is 52.3 Å². The monoisotopic (exact) mass is 2080 g/mol. The first-order chi connectivity index (χ1) is 65.1. The molecular weight excluding hydrogens is 1930 g/mol. The van der Waals surface area contributed by atoms with Crippen LogP contribution in [0.15, 0.2) is 279 Å². The molecule has 0 atom stereocenters. The Morgan fingerprint density at radius 1 is 0.326 bits per heavy atom. The molecule has 0 unspecified atom stereocenters. The van der Waals surface area contributed by atoms with E-state index in [4.69, 9.17) is 36.4 Å². The predicted molar refractivity (Wildman–Crippen MR) is 590 cm³/mol. The minimum Gasteiger partial charge on any atom is -0.496 e. The van der Waals surface area contributed by atoms with Crippen molar-refractivity contribution < 1.29 is 65.5 Å². The molecule has 750 valence electrons. The maximum Gasteiger partial charge on any atom is 0.335 e. The lowest BCUT2D eigenvalue weighted by Gasteiger charge is -2.19. The molecule has 0 bridgehead atoms. The summed E-state index contributed by atoms with van der Waals surface area (Å²) in [5.41, 5.74) is 11.1. The van der Waals surface area contributed by atoms with Gasteiger partial charge in [0.05, 0.1) is 17.7 Å². The van der Waals surface area contributed by atoms with E-state index in [2.05, 4.69) is 41.6 Å². The van der Waals surface area contributed by atoms with Crippen LogP contribution in [0.25, 0.3) is 10.8 Å². The van der Waals surface area contributed by atoms with Gasteiger partial charge in [0, 0.05) is 113 Å². The second kappa shape index (κ2) is 55.2. The predicted octanol–water partition coefficient (Wildman–Crippen LogP) is 33.1. The number of rotatable bonds is 15. The number of hydrogen-bond donors (Lipinski definition) is 0. The summed E-state index contributed by atoms with van der Waals surface area (Å²) in [4.78, 5) is 120. The van der Waals surface area contributed by atoms with Crippen LogP contribution in [0.3, 0.4) is 0 Å². The lowest BCUT2D eigenvalue weighted by atomic mass is 9.83. The molecule has 0 fully saturated rings. The summed E-state index contributed by atoms with van der Waals surface area (Å²) >= 11 is 13.0. The molecule has 0 radical (unpaired) electrons. The van der Waals surface area contributed by atoms with Crippen molar-refractivity contribution in [3.05, 3.63) is 393 Å². The fourth-order valence-electron chi connectivity index (χ4n) is 13.2. The largest absolute Gasteiger partial charge is 0.496 e. The number of ether oxygens (including phenoxy) is 1. The van der Waals surface area contributed by atoms with E-state index < -0.39 is 28.2 Å². The van der Waals surface area contributed by atoms with Crippen molar-refractivity contribution in [1.82, 2.24) is 0 Å². The second-order valence-electron chi connectivity index (χ2n) is 43.5. The molecule has 0 heterocycles. The van der Waals surface area contributed by atoms with E-state index in [-0.39, 0.29) is 106 Å². The summed E-state index contributed by atoms with van der Waals surface area (Å²) in [5.74, 6) is 1.29. The van der Waals surface area contributed by atoms with Crippen molar-refractivity contribution in [2.75, 3.05) is 7.11 Å². The molecule has 0 N–H and O–H groups in total. The molecule has 0 aliphatic carbocycles. The Morgan fingerprint density at radius 2 is 0.667 bits per heavy atom. The lowest BCUT2D eigenvalue weighted by Crippen LogP contribution is -2.21. The highest BCUT2D eigenvalue weighted by atomic mass is 127. The van der Waals surface area contributed by atoms with Crippen LogP contribution in [0, 0.1) is 78.9 Å². The quantitative estimate of drug-likeness (QED) is 0.0691. The van der Waals surface area contributed by atoms with Gasteiger partial charge < -0.3 is 4.74 Å². The summed E-state index contributed by atoms with van der Waals surface area (Å²) in [7, 11) is 1.63. The highest BCUT2D eigenvalue weighted by molar-refractivity contribution is 14.1. The van der Waals surface area contributed by atoms with E-state index in [0.717, 1.165) is 83.0 Å². The molecule has 12 aromatic carbocycles. The third-order valence-corrected chi connectivity index (χ3v) is 23.0. The number of hydrogen-bond acceptors (Lipinski definition) is 13. The van der Waals surface area contributed by atoms with Crippen molar-refractivity contribution in [2.45, 2.75) is 227 Å². The minimum atomic E-state index is -0.750. The number of fused-ring (bicyclic) bond motifs is 1. The summed E-state index contributed by atoms with van der Waals surface area (Å²) in [6.45, 7) is 59.7. The summed E-state index contributed by atoms with van der Waals surface area (Å²) < 4.78 is 36.2. The van der Waals surface area contributed by atoms with Crippen molar-refractivity contribution in [2.24, 2.45) is 48.7 Å². The number of Topliss-reactive ketones (excluding diaryl/α,β-unsaturated/α-hetero) is 9. The van der Waals surface area contributed by atoms with Crippen LogP contribution < -0.4 is 4.74 Å². The Kier molecular flexibility index (Phi) is 48.4. The van der Waals surface area contributed by atoms with Crippen molar-refractivity contribution >= 4 is 126 Å². The number of halogens is 4. The van der Waals surface area contributed by atoms with Gasteiger partial charge in [-0.1, -0.05) is 459 Å². The van der Waals surface area contributed by atoms with Crippen LogP contribution in [0.2, 0.25) is 10.0 Å². The zero-order chi connectivity index (χ0) is 107. The maximum absolute atomic E-state index is 13.3. The van der Waals surface area contributed by atoms with E-state index in [1.807, 2.05) is 375 Å². The van der Waals surface area contributed by atoms with Crippen molar-refractivity contribution in [3.8, 4) is 5.75 Å². The Labute approximate surface area is 867 Å². The second-order valence-corrected chi connectivity index (χ2v) is 45.7. The standard InChI is InChI=1S/C18H18O2.C18H20O.C15H16O.C14H20O2.C13H18O.C12H16O.C11H12ClFO.C11H13ClO.C11H13IO.O2S/c1-18(2,3)17(20)15-11-9-14(10-12-15)16(19)13-7-5-4-6-8-13;1-18(2,3)17(19)16-12-8-7-11-15(16)13-14-9-5-4-6-10-14;1-15(2,3)14(16)13-10-6-8-11-7-4-5-9-12(11)13;1-9-7-11(13(15)14(3,4)5)8-12(16-6)10(9)2;1-5-10-6-8-11(9-7-10)12(14)13(2,3)4;1-9-5-7-10(8-6-9)11(13)12(2,3)4;1-11(2,3)10(14)9-7(12)5-4-6-8(9)13;1-11(2,3)10(13)8-5-4-6-9(12)7-8;1-11(2,3)10(13)8-6-4-5-7-9(8)12;1-3-2/h4-12H,1-3H3;4-12H,13H2,1-3H3;4-10H,1-3H3;7-8H,1-6H3;6-9H,5H2,1-4H3;5-8H,1-4H3;4-6H,1-3H3;2*4-7H,1-3H3;. The van der Waals surface area contributed by atoms with E-state index >= 15 is 0 Å². The molecule has 0 saturated carbocycles. The average Bonchev–Trinajstić information content (AvgIpc) is 0.795. The first-order valence-corrected chi connectivity index (χ1v) is 49.5. The Balaban J connectivity index is 0.000000408. The molecule has 0 aromatic heterocycles. The normalized spacial score (nSPS) is 11.2. The number of ketones is 10. The van der Waals surface area contributed by atoms with E-state index in [0.29, 0.717) is 27.3 Å². The molecule has 12 rings (SSSR count). The molecule has 141 heavy (non-hydrogen) atoms. The minimum absolute atomic E-state index is 0.0123. The number of carbonyl (C=O) groups is 10. The van der Waals surface area contributed by atoms with E-state index in [1.54, 1.807) is 88.5 Å². The average molecular weight is 2080 g/mol. The maximum atomic E-state index is 13.3. The van der Waals surface area contributed by atoms with Crippen LogP contribution in [-0.4, -0.2) is 73.4 Å².